The molecule has 4 heteroatoms. The summed E-state index contributed by atoms with van der Waals surface area (Å²) < 4.78 is 0. The van der Waals surface area contributed by atoms with Crippen LogP contribution in [-0.4, -0.2) is 12.5 Å². The smallest absolute Gasteiger partial charge is 0.230 e. The molecule has 0 atom stereocenters. The van der Waals surface area contributed by atoms with Gasteiger partial charge in [0.05, 0.1) is 12.2 Å². The zero-order chi connectivity index (χ0) is 15.3. The number of carbonyl (C=O) groups is 1. The minimum atomic E-state index is -0.235. The van der Waals surface area contributed by atoms with E-state index in [-0.39, 0.29) is 17.9 Å². The lowest BCUT2D eigenvalue weighted by Crippen LogP contribution is -2.33. The molecule has 0 unspecified atom stereocenters. The van der Waals surface area contributed by atoms with Gasteiger partial charge in [-0.3, -0.25) is 4.79 Å². The molecule has 1 aliphatic rings. The number of nitrogens with two attached hydrogens (primary N) is 1. The van der Waals surface area contributed by atoms with E-state index in [0.717, 1.165) is 37.7 Å². The molecule has 1 aromatic rings. The van der Waals surface area contributed by atoms with Crippen LogP contribution in [0.2, 0.25) is 5.02 Å². The molecule has 1 aromatic carbocycles. The molecular weight excluding hydrogens is 284 g/mol. The summed E-state index contributed by atoms with van der Waals surface area (Å²) in [5.41, 5.74) is 6.60. The molecule has 1 aliphatic carbocycles. The number of carbonyl (C=O) groups excluding carboxylic acids is 1. The zero-order valence-corrected chi connectivity index (χ0v) is 13.1. The first-order valence-electron chi connectivity index (χ1n) is 7.41. The van der Waals surface area contributed by atoms with Gasteiger partial charge < -0.3 is 11.1 Å². The summed E-state index contributed by atoms with van der Waals surface area (Å²) in [6.07, 6.45) is 5.02. The highest BCUT2D eigenvalue weighted by Gasteiger charge is 2.39. The standard InChI is InChI=1S/C17H21ClN2O/c1-2-17(9-3-4-10-17)16(21)20-15-12-14(18)8-7-13(15)6-5-11-19/h7-8,12H,2-4,9-11,19H2,1H3,(H,20,21). The lowest BCUT2D eigenvalue weighted by atomic mass is 9.82. The number of rotatable bonds is 3. The topological polar surface area (TPSA) is 55.1 Å². The number of amides is 1. The van der Waals surface area contributed by atoms with Gasteiger partial charge in [-0.05, 0) is 37.5 Å². The van der Waals surface area contributed by atoms with E-state index in [9.17, 15) is 4.79 Å². The molecule has 2 rings (SSSR count). The van der Waals surface area contributed by atoms with Crippen LogP contribution in [0.3, 0.4) is 0 Å². The van der Waals surface area contributed by atoms with Crippen molar-refractivity contribution in [3.63, 3.8) is 0 Å². The van der Waals surface area contributed by atoms with Gasteiger partial charge in [-0.25, -0.2) is 0 Å². The van der Waals surface area contributed by atoms with Crippen LogP contribution in [0, 0.1) is 17.3 Å². The first-order chi connectivity index (χ1) is 10.1. The average Bonchev–Trinajstić information content (AvgIpc) is 2.96. The summed E-state index contributed by atoms with van der Waals surface area (Å²) in [6, 6.07) is 5.33. The molecule has 0 aliphatic heterocycles. The molecule has 0 bridgehead atoms. The molecule has 0 heterocycles. The Balaban J connectivity index is 2.25. The van der Waals surface area contributed by atoms with Gasteiger partial charge in [0.1, 0.15) is 0 Å². The van der Waals surface area contributed by atoms with Crippen molar-refractivity contribution >= 4 is 23.2 Å². The van der Waals surface area contributed by atoms with Gasteiger partial charge in [-0.1, -0.05) is 43.2 Å². The number of halogens is 1. The Morgan fingerprint density at radius 1 is 1.43 bits per heavy atom. The van der Waals surface area contributed by atoms with Crippen LogP contribution in [0.25, 0.3) is 0 Å². The predicted molar refractivity (Wildman–Crippen MR) is 87.2 cm³/mol. The maximum atomic E-state index is 12.7. The van der Waals surface area contributed by atoms with Gasteiger partial charge in [0.15, 0.2) is 0 Å². The van der Waals surface area contributed by atoms with E-state index < -0.39 is 0 Å². The fourth-order valence-corrected chi connectivity index (χ4v) is 3.10. The molecule has 1 saturated carbocycles. The van der Waals surface area contributed by atoms with Crippen molar-refractivity contribution in [2.24, 2.45) is 11.1 Å². The van der Waals surface area contributed by atoms with Crippen molar-refractivity contribution in [2.45, 2.75) is 39.0 Å². The highest BCUT2D eigenvalue weighted by molar-refractivity contribution is 6.31. The molecule has 1 amide bonds. The third-order valence-corrected chi connectivity index (χ3v) is 4.51. The number of hydrogen-bond acceptors (Lipinski definition) is 2. The predicted octanol–water partition coefficient (Wildman–Crippen LogP) is 3.56. The monoisotopic (exact) mass is 304 g/mol. The normalized spacial score (nSPS) is 16.1. The summed E-state index contributed by atoms with van der Waals surface area (Å²) in [7, 11) is 0. The molecule has 0 radical (unpaired) electrons. The minimum absolute atomic E-state index is 0.0839. The van der Waals surface area contributed by atoms with Crippen LogP contribution in [0.1, 0.15) is 44.6 Å². The van der Waals surface area contributed by atoms with Gasteiger partial charge in [0, 0.05) is 16.0 Å². The van der Waals surface area contributed by atoms with E-state index in [2.05, 4.69) is 24.1 Å². The van der Waals surface area contributed by atoms with Crippen LogP contribution in [-0.2, 0) is 4.79 Å². The summed E-state index contributed by atoms with van der Waals surface area (Å²) in [6.45, 7) is 2.37. The molecule has 0 spiro atoms. The van der Waals surface area contributed by atoms with Crippen molar-refractivity contribution < 1.29 is 4.79 Å². The first-order valence-corrected chi connectivity index (χ1v) is 7.79. The number of nitrogens with one attached hydrogen (secondary N) is 1. The number of benzene rings is 1. The summed E-state index contributed by atoms with van der Waals surface area (Å²) >= 11 is 6.04. The number of anilines is 1. The van der Waals surface area contributed by atoms with Gasteiger partial charge in [-0.2, -0.15) is 0 Å². The Labute approximate surface area is 131 Å². The second-order valence-electron chi connectivity index (χ2n) is 5.49. The Morgan fingerprint density at radius 2 is 2.14 bits per heavy atom. The second kappa shape index (κ2) is 6.98. The van der Waals surface area contributed by atoms with Crippen molar-refractivity contribution in [3.05, 3.63) is 28.8 Å². The van der Waals surface area contributed by atoms with Crippen LogP contribution in [0.5, 0.6) is 0 Å². The molecule has 112 valence electrons. The minimum Gasteiger partial charge on any atom is -0.324 e. The summed E-state index contributed by atoms with van der Waals surface area (Å²) in [5.74, 6) is 5.88. The molecule has 0 saturated heterocycles. The third kappa shape index (κ3) is 3.58. The third-order valence-electron chi connectivity index (χ3n) is 4.27. The average molecular weight is 305 g/mol. The number of hydrogen-bond donors (Lipinski definition) is 2. The van der Waals surface area contributed by atoms with Gasteiger partial charge in [0.25, 0.3) is 0 Å². The largest absolute Gasteiger partial charge is 0.324 e. The van der Waals surface area contributed by atoms with Crippen molar-refractivity contribution in [1.29, 1.82) is 0 Å². The van der Waals surface area contributed by atoms with Crippen LogP contribution < -0.4 is 11.1 Å². The quantitative estimate of drug-likeness (QED) is 0.839. The second-order valence-corrected chi connectivity index (χ2v) is 5.93. The van der Waals surface area contributed by atoms with Crippen LogP contribution >= 0.6 is 11.6 Å². The van der Waals surface area contributed by atoms with Crippen molar-refractivity contribution in [1.82, 2.24) is 0 Å². The lowest BCUT2D eigenvalue weighted by Gasteiger charge is -2.26. The molecule has 3 nitrogen and oxygen atoms in total. The van der Waals surface area contributed by atoms with Gasteiger partial charge in [-0.15, -0.1) is 0 Å². The van der Waals surface area contributed by atoms with E-state index in [4.69, 9.17) is 17.3 Å². The maximum absolute atomic E-state index is 12.7. The van der Waals surface area contributed by atoms with E-state index in [1.165, 1.54) is 0 Å². The summed E-state index contributed by atoms with van der Waals surface area (Å²) in [5, 5.41) is 3.61. The Bertz CT molecular complexity index is 580. The highest BCUT2D eigenvalue weighted by atomic mass is 35.5. The maximum Gasteiger partial charge on any atom is 0.230 e. The van der Waals surface area contributed by atoms with Gasteiger partial charge in [0.2, 0.25) is 5.91 Å². The van der Waals surface area contributed by atoms with E-state index >= 15 is 0 Å². The molecule has 3 N–H and O–H groups in total. The van der Waals surface area contributed by atoms with E-state index in [1.54, 1.807) is 12.1 Å². The molecule has 0 aromatic heterocycles. The van der Waals surface area contributed by atoms with Crippen molar-refractivity contribution in [2.75, 3.05) is 11.9 Å². The first kappa shape index (κ1) is 15.9. The highest BCUT2D eigenvalue weighted by Crippen LogP contribution is 2.42. The van der Waals surface area contributed by atoms with E-state index in [0.29, 0.717) is 10.7 Å². The Hall–Kier alpha value is -1.50. The SMILES string of the molecule is CCC1(C(=O)Nc2cc(Cl)ccc2C#CCN)CCCC1. The molecular formula is C17H21ClN2O. The lowest BCUT2D eigenvalue weighted by molar-refractivity contribution is -0.125. The molecule has 21 heavy (non-hydrogen) atoms. The van der Waals surface area contributed by atoms with Crippen molar-refractivity contribution in [3.8, 4) is 11.8 Å². The van der Waals surface area contributed by atoms with E-state index in [1.807, 2.05) is 6.07 Å². The fourth-order valence-electron chi connectivity index (χ4n) is 2.92. The van der Waals surface area contributed by atoms with Crippen LogP contribution in [0.4, 0.5) is 5.69 Å². The summed E-state index contributed by atoms with van der Waals surface area (Å²) in [4.78, 5) is 12.7. The Kier molecular flexibility index (Phi) is 5.27. The van der Waals surface area contributed by atoms with Crippen LogP contribution in [0.15, 0.2) is 18.2 Å². The van der Waals surface area contributed by atoms with Gasteiger partial charge >= 0.3 is 0 Å². The zero-order valence-electron chi connectivity index (χ0n) is 12.3. The Morgan fingerprint density at radius 3 is 2.76 bits per heavy atom. The fraction of sp³-hybridized carbons (Fsp3) is 0.471. The molecule has 1 fully saturated rings.